The summed E-state index contributed by atoms with van der Waals surface area (Å²) < 4.78 is 0. The largest absolute Gasteiger partial charge is 0.479 e. The predicted molar refractivity (Wildman–Crippen MR) is 81.1 cm³/mol. The summed E-state index contributed by atoms with van der Waals surface area (Å²) in [5, 5.41) is 26.6. The van der Waals surface area contributed by atoms with Crippen molar-refractivity contribution in [3.8, 4) is 0 Å². The number of aliphatic hydroxyl groups is 2. The standard InChI is InChI=1S/C9H10O2.C8H8O3/c1-7(10)9(11)8-5-3-2-4-6-8;9-7(8(10)11)6-4-2-1-3-5-6/h2-6,9,11H,1H3;1-5,7,9H,(H,10,11)/t9-;7-/m11/s1. The third-order valence-corrected chi connectivity index (χ3v) is 2.85. The Kier molecular flexibility index (Phi) is 6.95. The molecule has 3 N–H and O–H groups in total. The van der Waals surface area contributed by atoms with Crippen LogP contribution in [0, 0.1) is 0 Å². The summed E-state index contributed by atoms with van der Waals surface area (Å²) >= 11 is 0. The first-order valence-corrected chi connectivity index (χ1v) is 6.62. The lowest BCUT2D eigenvalue weighted by molar-refractivity contribution is -0.147. The molecule has 0 spiro atoms. The molecule has 116 valence electrons. The zero-order valence-electron chi connectivity index (χ0n) is 12.1. The number of carbonyl (C=O) groups excluding carboxylic acids is 1. The topological polar surface area (TPSA) is 94.8 Å². The molecule has 0 saturated heterocycles. The van der Waals surface area contributed by atoms with E-state index >= 15 is 0 Å². The normalized spacial score (nSPS) is 12.5. The van der Waals surface area contributed by atoms with Crippen LogP contribution in [0.4, 0.5) is 0 Å². The minimum absolute atomic E-state index is 0.226. The van der Waals surface area contributed by atoms with E-state index in [2.05, 4.69) is 0 Å². The van der Waals surface area contributed by atoms with Crippen LogP contribution in [0.5, 0.6) is 0 Å². The van der Waals surface area contributed by atoms with Crippen molar-refractivity contribution in [1.82, 2.24) is 0 Å². The Bertz CT molecular complexity index is 539. The first-order chi connectivity index (χ1) is 10.4. The summed E-state index contributed by atoms with van der Waals surface area (Å²) in [5.74, 6) is -1.45. The molecule has 0 bridgehead atoms. The molecule has 2 atom stereocenters. The van der Waals surface area contributed by atoms with Crippen molar-refractivity contribution >= 4 is 11.8 Å². The van der Waals surface area contributed by atoms with Crippen molar-refractivity contribution in [2.75, 3.05) is 0 Å². The van der Waals surface area contributed by atoms with E-state index in [0.717, 1.165) is 0 Å². The molecule has 0 saturated carbocycles. The SMILES string of the molecule is CC(=O)[C@@H](O)c1ccccc1.O=C(O)[C@H](O)c1ccccc1. The van der Waals surface area contributed by atoms with Gasteiger partial charge in [0.2, 0.25) is 0 Å². The van der Waals surface area contributed by atoms with Gasteiger partial charge in [-0.2, -0.15) is 0 Å². The Balaban J connectivity index is 0.000000220. The first kappa shape index (κ1) is 17.6. The van der Waals surface area contributed by atoms with Gasteiger partial charge >= 0.3 is 5.97 Å². The van der Waals surface area contributed by atoms with Crippen LogP contribution in [0.2, 0.25) is 0 Å². The van der Waals surface area contributed by atoms with E-state index in [0.29, 0.717) is 11.1 Å². The van der Waals surface area contributed by atoms with Gasteiger partial charge in [-0.25, -0.2) is 4.79 Å². The molecule has 5 nitrogen and oxygen atoms in total. The molecule has 0 aliphatic carbocycles. The van der Waals surface area contributed by atoms with Crippen LogP contribution in [0.3, 0.4) is 0 Å². The van der Waals surface area contributed by atoms with Gasteiger partial charge < -0.3 is 15.3 Å². The van der Waals surface area contributed by atoms with Gasteiger partial charge in [-0.1, -0.05) is 60.7 Å². The van der Waals surface area contributed by atoms with Gasteiger partial charge in [-0.15, -0.1) is 0 Å². The minimum atomic E-state index is -1.41. The summed E-state index contributed by atoms with van der Waals surface area (Å²) in [7, 11) is 0. The van der Waals surface area contributed by atoms with E-state index in [9.17, 15) is 14.7 Å². The number of hydrogen-bond acceptors (Lipinski definition) is 4. The van der Waals surface area contributed by atoms with Gasteiger partial charge in [0, 0.05) is 0 Å². The molecule has 0 aliphatic heterocycles. The highest BCUT2D eigenvalue weighted by atomic mass is 16.4. The zero-order valence-corrected chi connectivity index (χ0v) is 12.1. The van der Waals surface area contributed by atoms with Gasteiger partial charge in [0.25, 0.3) is 0 Å². The lowest BCUT2D eigenvalue weighted by atomic mass is 10.1. The molecule has 2 aromatic rings. The number of carboxylic acid groups (broad SMARTS) is 1. The predicted octanol–water partition coefficient (Wildman–Crippen LogP) is 2.11. The molecule has 2 aromatic carbocycles. The van der Waals surface area contributed by atoms with Crippen molar-refractivity contribution < 1.29 is 24.9 Å². The van der Waals surface area contributed by atoms with E-state index in [1.807, 2.05) is 6.07 Å². The number of aliphatic carboxylic acids is 1. The highest BCUT2D eigenvalue weighted by Crippen LogP contribution is 2.12. The number of benzene rings is 2. The smallest absolute Gasteiger partial charge is 0.337 e. The summed E-state index contributed by atoms with van der Waals surface area (Å²) in [6, 6.07) is 17.1. The van der Waals surface area contributed by atoms with Gasteiger partial charge in [0.1, 0.15) is 6.10 Å². The molecular formula is C17H18O5. The Morgan fingerprint density at radius 3 is 1.45 bits per heavy atom. The number of rotatable bonds is 4. The highest BCUT2D eigenvalue weighted by Gasteiger charge is 2.14. The minimum Gasteiger partial charge on any atom is -0.479 e. The lowest BCUT2D eigenvalue weighted by Crippen LogP contribution is -2.09. The molecule has 0 amide bonds. The zero-order chi connectivity index (χ0) is 16.5. The van der Waals surface area contributed by atoms with Crippen LogP contribution < -0.4 is 0 Å². The number of hydrogen-bond donors (Lipinski definition) is 3. The Morgan fingerprint density at radius 1 is 0.773 bits per heavy atom. The summed E-state index contributed by atoms with van der Waals surface area (Å²) in [6.45, 7) is 1.37. The molecule has 0 radical (unpaired) electrons. The number of aliphatic hydroxyl groups excluding tert-OH is 2. The Morgan fingerprint density at radius 2 is 1.14 bits per heavy atom. The molecule has 0 fully saturated rings. The van der Waals surface area contributed by atoms with Crippen LogP contribution >= 0.6 is 0 Å². The fourth-order valence-corrected chi connectivity index (χ4v) is 1.65. The second-order valence-electron chi connectivity index (χ2n) is 4.58. The Hall–Kier alpha value is -2.50. The summed E-state index contributed by atoms with van der Waals surface area (Å²) in [6.07, 6.45) is -2.37. The van der Waals surface area contributed by atoms with Crippen LogP contribution in [-0.2, 0) is 9.59 Å². The molecule has 0 aromatic heterocycles. The van der Waals surface area contributed by atoms with Crippen LogP contribution in [0.25, 0.3) is 0 Å². The molecule has 2 rings (SSSR count). The molecule has 5 heteroatoms. The number of ketones is 1. The van der Waals surface area contributed by atoms with Gasteiger partial charge in [0.05, 0.1) is 0 Å². The number of carboxylic acids is 1. The van der Waals surface area contributed by atoms with Crippen molar-refractivity contribution in [2.24, 2.45) is 0 Å². The van der Waals surface area contributed by atoms with Crippen LogP contribution in [0.15, 0.2) is 60.7 Å². The van der Waals surface area contributed by atoms with Crippen LogP contribution in [0.1, 0.15) is 30.3 Å². The first-order valence-electron chi connectivity index (χ1n) is 6.62. The number of carbonyl (C=O) groups is 2. The maximum atomic E-state index is 10.7. The van der Waals surface area contributed by atoms with E-state index in [1.54, 1.807) is 54.6 Å². The molecular weight excluding hydrogens is 284 g/mol. The second-order valence-corrected chi connectivity index (χ2v) is 4.58. The lowest BCUT2D eigenvalue weighted by Gasteiger charge is -2.04. The molecule has 0 aliphatic rings. The van der Waals surface area contributed by atoms with E-state index in [4.69, 9.17) is 10.2 Å². The van der Waals surface area contributed by atoms with E-state index < -0.39 is 18.2 Å². The average molecular weight is 302 g/mol. The quantitative estimate of drug-likeness (QED) is 0.804. The van der Waals surface area contributed by atoms with Crippen LogP contribution in [-0.4, -0.2) is 27.1 Å². The second kappa shape index (κ2) is 8.71. The number of Topliss-reactive ketones (excluding diaryl/α,β-unsaturated/α-hetero) is 1. The summed E-state index contributed by atoms with van der Waals surface area (Å²) in [4.78, 5) is 20.9. The van der Waals surface area contributed by atoms with Gasteiger partial charge in [0.15, 0.2) is 11.9 Å². The van der Waals surface area contributed by atoms with E-state index in [1.165, 1.54) is 6.92 Å². The summed E-state index contributed by atoms with van der Waals surface area (Å²) in [5.41, 5.74) is 1.06. The molecule has 0 heterocycles. The fourth-order valence-electron chi connectivity index (χ4n) is 1.65. The molecule has 0 unspecified atom stereocenters. The van der Waals surface area contributed by atoms with Gasteiger partial charge in [-0.05, 0) is 18.1 Å². The van der Waals surface area contributed by atoms with Gasteiger partial charge in [-0.3, -0.25) is 4.79 Å². The average Bonchev–Trinajstić information content (AvgIpc) is 2.55. The highest BCUT2D eigenvalue weighted by molar-refractivity contribution is 5.81. The maximum Gasteiger partial charge on any atom is 0.337 e. The maximum absolute atomic E-state index is 10.7. The van der Waals surface area contributed by atoms with Crippen molar-refractivity contribution in [3.05, 3.63) is 71.8 Å². The van der Waals surface area contributed by atoms with Crippen molar-refractivity contribution in [2.45, 2.75) is 19.1 Å². The third-order valence-electron chi connectivity index (χ3n) is 2.85. The fraction of sp³-hybridized carbons (Fsp3) is 0.176. The molecule has 22 heavy (non-hydrogen) atoms. The third kappa shape index (κ3) is 5.47. The Labute approximate surface area is 128 Å². The van der Waals surface area contributed by atoms with E-state index in [-0.39, 0.29) is 5.78 Å². The van der Waals surface area contributed by atoms with Crippen molar-refractivity contribution in [3.63, 3.8) is 0 Å². The monoisotopic (exact) mass is 302 g/mol. The van der Waals surface area contributed by atoms with Crippen molar-refractivity contribution in [1.29, 1.82) is 0 Å².